The van der Waals surface area contributed by atoms with Gasteiger partial charge in [0.05, 0.1) is 16.0 Å². The van der Waals surface area contributed by atoms with Crippen molar-refractivity contribution in [3.63, 3.8) is 0 Å². The lowest BCUT2D eigenvalue weighted by molar-refractivity contribution is -0.113. The third-order valence-corrected chi connectivity index (χ3v) is 6.21. The molecule has 4 aromatic rings. The van der Waals surface area contributed by atoms with Crippen molar-refractivity contribution in [2.24, 2.45) is 0 Å². The van der Waals surface area contributed by atoms with E-state index in [4.69, 9.17) is 0 Å². The number of amides is 1. The van der Waals surface area contributed by atoms with Gasteiger partial charge in [-0.05, 0) is 37.1 Å². The van der Waals surface area contributed by atoms with Gasteiger partial charge in [0, 0.05) is 18.9 Å². The summed E-state index contributed by atoms with van der Waals surface area (Å²) in [5.74, 6) is 0.213. The van der Waals surface area contributed by atoms with Crippen molar-refractivity contribution < 1.29 is 4.79 Å². The molecule has 0 saturated carbocycles. The number of thioether (sulfide) groups is 1. The zero-order valence-corrected chi connectivity index (χ0v) is 17.3. The highest BCUT2D eigenvalue weighted by atomic mass is 32.2. The molecule has 7 heteroatoms. The number of nitrogens with zero attached hydrogens (tertiary/aromatic N) is 3. The second kappa shape index (κ2) is 8.16. The van der Waals surface area contributed by atoms with Crippen LogP contribution >= 0.6 is 23.1 Å². The number of thiazole rings is 1. The number of carbonyl (C=O) groups excluding carboxylic acids is 1. The lowest BCUT2D eigenvalue weighted by Crippen LogP contribution is -2.14. The van der Waals surface area contributed by atoms with Crippen LogP contribution in [0.15, 0.2) is 60.0 Å². The fourth-order valence-corrected chi connectivity index (χ4v) is 4.56. The molecule has 142 valence electrons. The summed E-state index contributed by atoms with van der Waals surface area (Å²) >= 11 is 2.93. The Bertz CT molecular complexity index is 1120. The van der Waals surface area contributed by atoms with Gasteiger partial charge in [0.25, 0.3) is 0 Å². The molecule has 1 amide bonds. The molecule has 2 aromatic heterocycles. The molecule has 28 heavy (non-hydrogen) atoms. The number of hydrogen-bond acceptors (Lipinski definition) is 5. The van der Waals surface area contributed by atoms with E-state index >= 15 is 0 Å². The van der Waals surface area contributed by atoms with Crippen LogP contribution in [-0.4, -0.2) is 26.2 Å². The van der Waals surface area contributed by atoms with Crippen LogP contribution in [0.3, 0.4) is 0 Å². The maximum absolute atomic E-state index is 12.4. The van der Waals surface area contributed by atoms with Crippen LogP contribution in [-0.2, 0) is 11.3 Å². The van der Waals surface area contributed by atoms with E-state index in [1.165, 1.54) is 39.8 Å². The lowest BCUT2D eigenvalue weighted by Gasteiger charge is -2.08. The number of fused-ring (bicyclic) bond motifs is 1. The summed E-state index contributed by atoms with van der Waals surface area (Å²) in [6, 6.07) is 14.5. The minimum Gasteiger partial charge on any atom is -0.322 e. The van der Waals surface area contributed by atoms with Gasteiger partial charge < -0.3 is 9.88 Å². The van der Waals surface area contributed by atoms with Crippen molar-refractivity contribution in [3.8, 4) is 0 Å². The van der Waals surface area contributed by atoms with Gasteiger partial charge in [-0.3, -0.25) is 4.79 Å². The highest BCUT2D eigenvalue weighted by Crippen LogP contribution is 2.27. The van der Waals surface area contributed by atoms with E-state index < -0.39 is 0 Å². The number of rotatable bonds is 6. The molecule has 0 bridgehead atoms. The molecule has 0 aliphatic carbocycles. The summed E-state index contributed by atoms with van der Waals surface area (Å²) < 4.78 is 3.14. The number of carbonyl (C=O) groups is 1. The van der Waals surface area contributed by atoms with Crippen LogP contribution in [0.5, 0.6) is 0 Å². The highest BCUT2D eigenvalue weighted by Gasteiger charge is 2.11. The topological polar surface area (TPSA) is 59.8 Å². The molecule has 0 aliphatic rings. The first-order chi connectivity index (χ1) is 13.6. The third kappa shape index (κ3) is 4.43. The van der Waals surface area contributed by atoms with Crippen LogP contribution in [0.25, 0.3) is 10.2 Å². The van der Waals surface area contributed by atoms with Crippen molar-refractivity contribution >= 4 is 44.4 Å². The van der Waals surface area contributed by atoms with Gasteiger partial charge in [0.2, 0.25) is 5.91 Å². The largest absolute Gasteiger partial charge is 0.322 e. The van der Waals surface area contributed by atoms with E-state index in [9.17, 15) is 4.79 Å². The maximum Gasteiger partial charge on any atom is 0.236 e. The van der Waals surface area contributed by atoms with E-state index in [0.717, 1.165) is 21.9 Å². The van der Waals surface area contributed by atoms with Crippen LogP contribution in [0, 0.1) is 13.8 Å². The number of hydrogen-bond donors (Lipinski definition) is 1. The van der Waals surface area contributed by atoms with Crippen molar-refractivity contribution in [2.45, 2.75) is 25.5 Å². The molecule has 0 unspecified atom stereocenters. The molecular formula is C21H20N4OS2. The van der Waals surface area contributed by atoms with E-state index in [0.29, 0.717) is 10.9 Å². The van der Waals surface area contributed by atoms with Crippen molar-refractivity contribution in [1.82, 2.24) is 14.5 Å². The fraction of sp³-hybridized carbons (Fsp3) is 0.190. The molecule has 1 N–H and O–H groups in total. The number of imidazole rings is 1. The summed E-state index contributed by atoms with van der Waals surface area (Å²) in [7, 11) is 0. The maximum atomic E-state index is 12.4. The number of anilines is 1. The first-order valence-electron chi connectivity index (χ1n) is 8.93. The molecule has 2 heterocycles. The number of aromatic nitrogens is 3. The molecule has 0 saturated heterocycles. The lowest BCUT2D eigenvalue weighted by atomic mass is 10.1. The molecule has 0 aliphatic heterocycles. The fourth-order valence-electron chi connectivity index (χ4n) is 2.82. The molecule has 5 nitrogen and oxygen atoms in total. The summed E-state index contributed by atoms with van der Waals surface area (Å²) in [6.07, 6.45) is 3.71. The van der Waals surface area contributed by atoms with Crippen LogP contribution < -0.4 is 5.32 Å². The van der Waals surface area contributed by atoms with Crippen LogP contribution in [0.1, 0.15) is 16.7 Å². The van der Waals surface area contributed by atoms with Gasteiger partial charge in [-0.2, -0.15) is 0 Å². The third-order valence-electron chi connectivity index (χ3n) is 4.27. The molecule has 0 spiro atoms. The van der Waals surface area contributed by atoms with Gasteiger partial charge in [-0.1, -0.05) is 59.0 Å². The second-order valence-corrected chi connectivity index (χ2v) is 8.62. The predicted molar refractivity (Wildman–Crippen MR) is 116 cm³/mol. The first kappa shape index (κ1) is 18.7. The zero-order valence-electron chi connectivity index (χ0n) is 15.7. The van der Waals surface area contributed by atoms with Gasteiger partial charge in [-0.15, -0.1) is 0 Å². The molecule has 0 radical (unpaired) electrons. The minimum atomic E-state index is -0.0781. The first-order valence-corrected chi connectivity index (χ1v) is 10.7. The van der Waals surface area contributed by atoms with E-state index in [1.54, 1.807) is 6.20 Å². The van der Waals surface area contributed by atoms with Crippen molar-refractivity contribution in [3.05, 3.63) is 71.5 Å². The summed E-state index contributed by atoms with van der Waals surface area (Å²) in [4.78, 5) is 21.2. The van der Waals surface area contributed by atoms with Crippen molar-refractivity contribution in [2.75, 3.05) is 11.1 Å². The highest BCUT2D eigenvalue weighted by molar-refractivity contribution is 7.99. The number of nitrogens with one attached hydrogen (secondary N) is 1. The minimum absolute atomic E-state index is 0.0781. The Morgan fingerprint density at radius 1 is 1.14 bits per heavy atom. The Labute approximate surface area is 171 Å². The Balaban J connectivity index is 1.37. The van der Waals surface area contributed by atoms with Crippen LogP contribution in [0.2, 0.25) is 0 Å². The Morgan fingerprint density at radius 3 is 2.75 bits per heavy atom. The molecule has 4 rings (SSSR count). The van der Waals surface area contributed by atoms with E-state index in [1.807, 2.05) is 25.3 Å². The van der Waals surface area contributed by atoms with E-state index in [-0.39, 0.29) is 5.91 Å². The average molecular weight is 409 g/mol. The second-order valence-electron chi connectivity index (χ2n) is 6.65. The van der Waals surface area contributed by atoms with Crippen molar-refractivity contribution in [1.29, 1.82) is 0 Å². The van der Waals surface area contributed by atoms with Gasteiger partial charge in [0.1, 0.15) is 0 Å². The quantitative estimate of drug-likeness (QED) is 0.462. The van der Waals surface area contributed by atoms with E-state index in [2.05, 4.69) is 57.1 Å². The normalized spacial score (nSPS) is 11.1. The predicted octanol–water partition coefficient (Wildman–Crippen LogP) is 4.89. The monoisotopic (exact) mass is 408 g/mol. The summed E-state index contributed by atoms with van der Waals surface area (Å²) in [6.45, 7) is 4.86. The van der Waals surface area contributed by atoms with Crippen LogP contribution in [0.4, 0.5) is 5.13 Å². The Kier molecular flexibility index (Phi) is 5.45. The van der Waals surface area contributed by atoms with Gasteiger partial charge in [-0.25, -0.2) is 9.97 Å². The van der Waals surface area contributed by atoms with Gasteiger partial charge in [0.15, 0.2) is 10.3 Å². The molecule has 0 fully saturated rings. The average Bonchev–Trinajstić information content (AvgIpc) is 3.27. The SMILES string of the molecule is Cc1ccc(Cn2ccnc2SCC(=O)Nc2nc3ccc(C)cc3s2)cc1. The zero-order chi connectivity index (χ0) is 19.5. The summed E-state index contributed by atoms with van der Waals surface area (Å²) in [5, 5.41) is 4.36. The summed E-state index contributed by atoms with van der Waals surface area (Å²) in [5.41, 5.74) is 4.54. The standard InChI is InChI=1S/C21H20N4OS2/c1-14-3-6-16(7-4-14)12-25-10-9-22-21(25)27-13-19(26)24-20-23-17-8-5-15(2)11-18(17)28-20/h3-11H,12-13H2,1-2H3,(H,23,24,26). The Morgan fingerprint density at radius 2 is 1.93 bits per heavy atom. The number of benzene rings is 2. The number of aryl methyl sites for hydroxylation is 2. The molecule has 2 aromatic carbocycles. The smallest absolute Gasteiger partial charge is 0.236 e. The Hall–Kier alpha value is -2.64. The molecular weight excluding hydrogens is 388 g/mol. The van der Waals surface area contributed by atoms with Gasteiger partial charge >= 0.3 is 0 Å². The molecule has 0 atom stereocenters.